The Hall–Kier alpha value is -1.30. The van der Waals surface area contributed by atoms with E-state index >= 15 is 0 Å². The standard InChI is InChI=1S/C11H10F2O3S/c12-8-4-3-7(5-9(8)13)17(16)10(11(14)15)6-1-2-6/h3-6,10H,1-2H2,(H,14,15). The molecule has 1 fully saturated rings. The third-order valence-electron chi connectivity index (χ3n) is 2.65. The molecule has 1 aromatic rings. The summed E-state index contributed by atoms with van der Waals surface area (Å²) in [5.74, 6) is -3.43. The number of carboxylic acids is 1. The first-order valence-corrected chi connectivity index (χ1v) is 6.30. The maximum Gasteiger partial charge on any atom is 0.319 e. The summed E-state index contributed by atoms with van der Waals surface area (Å²) >= 11 is 0. The van der Waals surface area contributed by atoms with Crippen molar-refractivity contribution in [2.75, 3.05) is 0 Å². The number of hydrogen-bond donors (Lipinski definition) is 1. The van der Waals surface area contributed by atoms with Gasteiger partial charge in [-0.1, -0.05) is 0 Å². The number of rotatable bonds is 4. The lowest BCUT2D eigenvalue weighted by Crippen LogP contribution is -2.28. The Morgan fingerprint density at radius 3 is 2.47 bits per heavy atom. The van der Waals surface area contributed by atoms with Gasteiger partial charge in [0.05, 0.1) is 10.8 Å². The second-order valence-electron chi connectivity index (χ2n) is 3.97. The molecule has 92 valence electrons. The van der Waals surface area contributed by atoms with Crippen LogP contribution in [0, 0.1) is 17.6 Å². The first kappa shape index (κ1) is 12.2. The second kappa shape index (κ2) is 4.52. The molecule has 0 aliphatic heterocycles. The van der Waals surface area contributed by atoms with Crippen LogP contribution in [0.3, 0.4) is 0 Å². The van der Waals surface area contributed by atoms with Gasteiger partial charge in [-0.05, 0) is 37.0 Å². The molecule has 1 aliphatic rings. The Kier molecular flexibility index (Phi) is 3.24. The molecule has 1 aromatic carbocycles. The first-order valence-electron chi connectivity index (χ1n) is 5.09. The number of hydrogen-bond acceptors (Lipinski definition) is 2. The van der Waals surface area contributed by atoms with E-state index in [1.165, 1.54) is 0 Å². The number of halogens is 2. The van der Waals surface area contributed by atoms with Gasteiger partial charge in [-0.3, -0.25) is 9.00 Å². The van der Waals surface area contributed by atoms with Crippen LogP contribution >= 0.6 is 0 Å². The van der Waals surface area contributed by atoms with Gasteiger partial charge in [0.25, 0.3) is 0 Å². The second-order valence-corrected chi connectivity index (χ2v) is 5.54. The molecule has 0 amide bonds. The summed E-state index contributed by atoms with van der Waals surface area (Å²) in [6.45, 7) is 0. The third-order valence-corrected chi connectivity index (χ3v) is 4.41. The van der Waals surface area contributed by atoms with Gasteiger partial charge in [-0.25, -0.2) is 8.78 Å². The average molecular weight is 260 g/mol. The van der Waals surface area contributed by atoms with Gasteiger partial charge in [0.2, 0.25) is 0 Å². The van der Waals surface area contributed by atoms with Crippen LogP contribution in [-0.2, 0) is 15.6 Å². The van der Waals surface area contributed by atoms with E-state index in [1.807, 2.05) is 0 Å². The Labute approximate surface area is 98.9 Å². The van der Waals surface area contributed by atoms with Crippen LogP contribution in [0.2, 0.25) is 0 Å². The minimum Gasteiger partial charge on any atom is -0.480 e. The molecule has 1 N–H and O–H groups in total. The van der Waals surface area contributed by atoms with E-state index in [-0.39, 0.29) is 10.8 Å². The molecule has 0 radical (unpaired) electrons. The van der Waals surface area contributed by atoms with Gasteiger partial charge in [-0.15, -0.1) is 0 Å². The number of benzene rings is 1. The van der Waals surface area contributed by atoms with E-state index in [0.29, 0.717) is 12.8 Å². The zero-order valence-corrected chi connectivity index (χ0v) is 9.55. The Morgan fingerprint density at radius 2 is 2.00 bits per heavy atom. The summed E-state index contributed by atoms with van der Waals surface area (Å²) < 4.78 is 37.6. The SMILES string of the molecule is O=C(O)C(C1CC1)S(=O)c1ccc(F)c(F)c1. The molecule has 3 nitrogen and oxygen atoms in total. The average Bonchev–Trinajstić information content (AvgIpc) is 3.06. The molecular weight excluding hydrogens is 250 g/mol. The molecule has 17 heavy (non-hydrogen) atoms. The molecular formula is C11H10F2O3S. The van der Waals surface area contributed by atoms with Crippen molar-refractivity contribution in [1.29, 1.82) is 0 Å². The van der Waals surface area contributed by atoms with Crippen LogP contribution < -0.4 is 0 Å². The van der Waals surface area contributed by atoms with Crippen LogP contribution in [0.15, 0.2) is 23.1 Å². The Morgan fingerprint density at radius 1 is 1.35 bits per heavy atom. The molecule has 0 spiro atoms. The normalized spacial score (nSPS) is 18.7. The fourth-order valence-electron chi connectivity index (χ4n) is 1.62. The molecule has 0 bridgehead atoms. The van der Waals surface area contributed by atoms with Gasteiger partial charge in [0, 0.05) is 4.90 Å². The highest BCUT2D eigenvalue weighted by Gasteiger charge is 2.41. The quantitative estimate of drug-likeness (QED) is 0.900. The van der Waals surface area contributed by atoms with E-state index in [2.05, 4.69) is 0 Å². The maximum absolute atomic E-state index is 13.0. The first-order chi connectivity index (χ1) is 8.00. The number of carboxylic acid groups (broad SMARTS) is 1. The van der Waals surface area contributed by atoms with Gasteiger partial charge < -0.3 is 5.11 Å². The molecule has 1 saturated carbocycles. The molecule has 2 rings (SSSR count). The zero-order valence-electron chi connectivity index (χ0n) is 8.73. The minimum atomic E-state index is -1.84. The van der Waals surface area contributed by atoms with Crippen molar-refractivity contribution < 1.29 is 22.9 Å². The minimum absolute atomic E-state index is 0.0169. The van der Waals surface area contributed by atoms with Crippen molar-refractivity contribution in [2.24, 2.45) is 5.92 Å². The topological polar surface area (TPSA) is 54.4 Å². The summed E-state index contributed by atoms with van der Waals surface area (Å²) in [6, 6.07) is 2.81. The van der Waals surface area contributed by atoms with Crippen LogP contribution in [0.5, 0.6) is 0 Å². The fraction of sp³-hybridized carbons (Fsp3) is 0.364. The van der Waals surface area contributed by atoms with Crippen molar-refractivity contribution in [3.8, 4) is 0 Å². The summed E-state index contributed by atoms with van der Waals surface area (Å²) in [5, 5.41) is 7.95. The lowest BCUT2D eigenvalue weighted by atomic mass is 10.3. The molecule has 0 heterocycles. The van der Waals surface area contributed by atoms with E-state index in [9.17, 15) is 17.8 Å². The van der Waals surface area contributed by atoms with Crippen LogP contribution in [0.1, 0.15) is 12.8 Å². The largest absolute Gasteiger partial charge is 0.480 e. The highest BCUT2D eigenvalue weighted by atomic mass is 32.2. The van der Waals surface area contributed by atoms with Gasteiger partial charge in [-0.2, -0.15) is 0 Å². The Bertz CT molecular complexity index is 486. The third kappa shape index (κ3) is 2.52. The van der Waals surface area contributed by atoms with E-state index in [1.54, 1.807) is 0 Å². The molecule has 6 heteroatoms. The Balaban J connectivity index is 2.28. The van der Waals surface area contributed by atoms with E-state index in [4.69, 9.17) is 5.11 Å². The maximum atomic E-state index is 13.0. The highest BCUT2D eigenvalue weighted by Crippen LogP contribution is 2.37. The monoisotopic (exact) mass is 260 g/mol. The van der Waals surface area contributed by atoms with Crippen molar-refractivity contribution in [3.05, 3.63) is 29.8 Å². The van der Waals surface area contributed by atoms with Gasteiger partial charge >= 0.3 is 5.97 Å². The van der Waals surface area contributed by atoms with Crippen molar-refractivity contribution in [2.45, 2.75) is 23.0 Å². The lowest BCUT2D eigenvalue weighted by Gasteiger charge is -2.11. The molecule has 2 unspecified atom stereocenters. The summed E-state index contributed by atoms with van der Waals surface area (Å²) in [7, 11) is -1.84. The molecule has 2 atom stereocenters. The predicted octanol–water partition coefficient (Wildman–Crippen LogP) is 1.94. The van der Waals surface area contributed by atoms with Crippen LogP contribution in [0.25, 0.3) is 0 Å². The highest BCUT2D eigenvalue weighted by molar-refractivity contribution is 7.86. The number of aliphatic carboxylic acids is 1. The van der Waals surface area contributed by atoms with E-state index in [0.717, 1.165) is 18.2 Å². The van der Waals surface area contributed by atoms with Crippen molar-refractivity contribution in [1.82, 2.24) is 0 Å². The smallest absolute Gasteiger partial charge is 0.319 e. The number of carbonyl (C=O) groups is 1. The van der Waals surface area contributed by atoms with Crippen molar-refractivity contribution >= 4 is 16.8 Å². The zero-order chi connectivity index (χ0) is 12.6. The summed E-state index contributed by atoms with van der Waals surface area (Å²) in [6.07, 6.45) is 1.43. The fourth-order valence-corrected chi connectivity index (χ4v) is 3.14. The molecule has 0 saturated heterocycles. The van der Waals surface area contributed by atoms with Crippen LogP contribution in [0.4, 0.5) is 8.78 Å². The summed E-state index contributed by atoms with van der Waals surface area (Å²) in [5.41, 5.74) is 0. The predicted molar refractivity (Wildman–Crippen MR) is 56.9 cm³/mol. The van der Waals surface area contributed by atoms with Gasteiger partial charge in [0.15, 0.2) is 11.6 Å². The lowest BCUT2D eigenvalue weighted by molar-refractivity contribution is -0.136. The molecule has 1 aliphatic carbocycles. The summed E-state index contributed by atoms with van der Waals surface area (Å²) in [4.78, 5) is 11.0. The van der Waals surface area contributed by atoms with Crippen molar-refractivity contribution in [3.63, 3.8) is 0 Å². The van der Waals surface area contributed by atoms with Gasteiger partial charge in [0.1, 0.15) is 5.25 Å². The molecule has 0 aromatic heterocycles. The van der Waals surface area contributed by atoms with Crippen LogP contribution in [-0.4, -0.2) is 20.5 Å². The van der Waals surface area contributed by atoms with E-state index < -0.39 is 33.7 Å².